The first-order chi connectivity index (χ1) is 8.72. The molecule has 0 bridgehead atoms. The standard InChI is InChI=1S/C9H14ClN3O4S2/c1-18(14,15)12-4-2-5-13-19(16,17)9-7-11-6-3-8(9)10/h3,6-7,12-13H,2,4-5H2,1H3. The molecule has 1 aromatic heterocycles. The first kappa shape index (κ1) is 16.3. The van der Waals surface area contributed by atoms with Gasteiger partial charge in [-0.1, -0.05) is 11.6 Å². The maximum absolute atomic E-state index is 11.8. The van der Waals surface area contributed by atoms with Crippen LogP contribution in [0, 0.1) is 0 Å². The van der Waals surface area contributed by atoms with Gasteiger partial charge in [0.1, 0.15) is 4.90 Å². The Hall–Kier alpha value is -0.740. The summed E-state index contributed by atoms with van der Waals surface area (Å²) in [6.07, 6.45) is 3.90. The highest BCUT2D eigenvalue weighted by atomic mass is 35.5. The van der Waals surface area contributed by atoms with Crippen molar-refractivity contribution in [3.63, 3.8) is 0 Å². The van der Waals surface area contributed by atoms with Gasteiger partial charge < -0.3 is 0 Å². The Bertz CT molecular complexity index is 631. The van der Waals surface area contributed by atoms with Crippen molar-refractivity contribution < 1.29 is 16.8 Å². The lowest BCUT2D eigenvalue weighted by molar-refractivity contribution is 0.574. The van der Waals surface area contributed by atoms with E-state index in [9.17, 15) is 16.8 Å². The van der Waals surface area contributed by atoms with Crippen LogP contribution in [0.1, 0.15) is 6.42 Å². The van der Waals surface area contributed by atoms with Gasteiger partial charge in [0.2, 0.25) is 20.0 Å². The summed E-state index contributed by atoms with van der Waals surface area (Å²) >= 11 is 5.76. The van der Waals surface area contributed by atoms with Gasteiger partial charge in [0.25, 0.3) is 0 Å². The fourth-order valence-electron chi connectivity index (χ4n) is 1.19. The van der Waals surface area contributed by atoms with Gasteiger partial charge in [-0.15, -0.1) is 0 Å². The summed E-state index contributed by atoms with van der Waals surface area (Å²) in [6, 6.07) is 1.38. The zero-order valence-electron chi connectivity index (χ0n) is 10.1. The molecule has 0 radical (unpaired) electrons. The lowest BCUT2D eigenvalue weighted by Crippen LogP contribution is -2.29. The highest BCUT2D eigenvalue weighted by molar-refractivity contribution is 7.89. The Morgan fingerprint density at radius 3 is 2.42 bits per heavy atom. The SMILES string of the molecule is CS(=O)(=O)NCCCNS(=O)(=O)c1cnccc1Cl. The average molecular weight is 328 g/mol. The predicted octanol–water partition coefficient (Wildman–Crippen LogP) is -0.0474. The molecule has 0 aliphatic rings. The van der Waals surface area contributed by atoms with E-state index in [1.165, 1.54) is 12.3 Å². The maximum Gasteiger partial charge on any atom is 0.243 e. The van der Waals surface area contributed by atoms with Crippen molar-refractivity contribution in [3.8, 4) is 0 Å². The lowest BCUT2D eigenvalue weighted by atomic mass is 10.4. The van der Waals surface area contributed by atoms with Crippen molar-refractivity contribution in [3.05, 3.63) is 23.5 Å². The van der Waals surface area contributed by atoms with Crippen LogP contribution in [0.4, 0.5) is 0 Å². The van der Waals surface area contributed by atoms with Gasteiger partial charge in [-0.2, -0.15) is 0 Å². The first-order valence-corrected chi connectivity index (χ1v) is 9.01. The van der Waals surface area contributed by atoms with Gasteiger partial charge in [0, 0.05) is 25.5 Å². The Morgan fingerprint density at radius 1 is 1.21 bits per heavy atom. The molecule has 0 aliphatic heterocycles. The molecule has 0 aromatic carbocycles. The summed E-state index contributed by atoms with van der Waals surface area (Å²) in [4.78, 5) is 3.59. The molecule has 10 heteroatoms. The molecule has 0 fully saturated rings. The molecule has 0 saturated heterocycles. The molecule has 1 rings (SSSR count). The molecule has 1 aromatic rings. The summed E-state index contributed by atoms with van der Waals surface area (Å²) in [5, 5.41) is 0.0803. The lowest BCUT2D eigenvalue weighted by Gasteiger charge is -2.07. The van der Waals surface area contributed by atoms with Gasteiger partial charge in [-0.3, -0.25) is 4.98 Å². The molecule has 0 saturated carbocycles. The third-order valence-electron chi connectivity index (χ3n) is 2.03. The van der Waals surface area contributed by atoms with Gasteiger partial charge in [-0.25, -0.2) is 26.3 Å². The van der Waals surface area contributed by atoms with Crippen LogP contribution in [0.3, 0.4) is 0 Å². The van der Waals surface area contributed by atoms with Gasteiger partial charge in [0.15, 0.2) is 0 Å². The predicted molar refractivity (Wildman–Crippen MR) is 71.9 cm³/mol. The number of nitrogens with one attached hydrogen (secondary N) is 2. The van der Waals surface area contributed by atoms with E-state index in [2.05, 4.69) is 14.4 Å². The molecule has 7 nitrogen and oxygen atoms in total. The van der Waals surface area contributed by atoms with E-state index in [1.807, 2.05) is 0 Å². The molecule has 0 spiro atoms. The molecule has 19 heavy (non-hydrogen) atoms. The monoisotopic (exact) mass is 327 g/mol. The number of pyridine rings is 1. The second-order valence-corrected chi connectivity index (χ2v) is 7.70. The highest BCUT2D eigenvalue weighted by Gasteiger charge is 2.17. The molecule has 2 N–H and O–H groups in total. The molecule has 0 amide bonds. The minimum atomic E-state index is -3.73. The molecule has 1 heterocycles. The van der Waals surface area contributed by atoms with Crippen LogP contribution in [0.5, 0.6) is 0 Å². The van der Waals surface area contributed by atoms with Crippen molar-refractivity contribution >= 4 is 31.6 Å². The van der Waals surface area contributed by atoms with Crippen molar-refractivity contribution in [2.75, 3.05) is 19.3 Å². The van der Waals surface area contributed by atoms with Crippen molar-refractivity contribution in [1.29, 1.82) is 0 Å². The van der Waals surface area contributed by atoms with Crippen LogP contribution in [0.15, 0.2) is 23.4 Å². The van der Waals surface area contributed by atoms with Crippen molar-refractivity contribution in [2.45, 2.75) is 11.3 Å². The molecule has 0 aliphatic carbocycles. The summed E-state index contributed by atoms with van der Waals surface area (Å²) in [5.74, 6) is 0. The average Bonchev–Trinajstić information content (AvgIpc) is 2.27. The van der Waals surface area contributed by atoms with E-state index >= 15 is 0 Å². The summed E-state index contributed by atoms with van der Waals surface area (Å²) in [6.45, 7) is 0.248. The largest absolute Gasteiger partial charge is 0.263 e. The first-order valence-electron chi connectivity index (χ1n) is 5.26. The van der Waals surface area contributed by atoms with Crippen molar-refractivity contribution in [2.24, 2.45) is 0 Å². The third kappa shape index (κ3) is 5.83. The number of nitrogens with zero attached hydrogens (tertiary/aromatic N) is 1. The van der Waals surface area contributed by atoms with E-state index in [0.29, 0.717) is 6.42 Å². The number of halogens is 1. The van der Waals surface area contributed by atoms with E-state index in [1.54, 1.807) is 0 Å². The van der Waals surface area contributed by atoms with E-state index in [-0.39, 0.29) is 23.0 Å². The smallest absolute Gasteiger partial charge is 0.243 e. The zero-order valence-corrected chi connectivity index (χ0v) is 12.5. The molecular weight excluding hydrogens is 314 g/mol. The second-order valence-electron chi connectivity index (χ2n) is 3.72. The third-order valence-corrected chi connectivity index (χ3v) is 4.69. The normalized spacial score (nSPS) is 12.5. The van der Waals surface area contributed by atoms with E-state index in [4.69, 9.17) is 11.6 Å². The minimum Gasteiger partial charge on any atom is -0.263 e. The van der Waals surface area contributed by atoms with Crippen LogP contribution in [-0.2, 0) is 20.0 Å². The molecular formula is C9H14ClN3O4S2. The fraction of sp³-hybridized carbons (Fsp3) is 0.444. The summed E-state index contributed by atoms with van der Waals surface area (Å²) in [7, 11) is -6.99. The van der Waals surface area contributed by atoms with Gasteiger partial charge in [-0.05, 0) is 12.5 Å². The Morgan fingerprint density at radius 2 is 1.84 bits per heavy atom. The number of sulfonamides is 2. The number of aromatic nitrogens is 1. The maximum atomic E-state index is 11.8. The second kappa shape index (κ2) is 6.62. The Kier molecular flexibility index (Phi) is 5.68. The molecule has 0 atom stereocenters. The number of hydrogen-bond donors (Lipinski definition) is 2. The molecule has 108 valence electrons. The van der Waals surface area contributed by atoms with Crippen molar-refractivity contribution in [1.82, 2.24) is 14.4 Å². The summed E-state index contributed by atoms with van der Waals surface area (Å²) < 4.78 is 49.8. The quantitative estimate of drug-likeness (QED) is 0.683. The zero-order chi connectivity index (χ0) is 14.5. The molecule has 0 unspecified atom stereocenters. The number of hydrogen-bond acceptors (Lipinski definition) is 5. The Balaban J connectivity index is 2.51. The highest BCUT2D eigenvalue weighted by Crippen LogP contribution is 2.18. The van der Waals surface area contributed by atoms with Crippen LogP contribution in [-0.4, -0.2) is 41.2 Å². The summed E-state index contributed by atoms with van der Waals surface area (Å²) in [5.41, 5.74) is 0. The van der Waals surface area contributed by atoms with Crippen LogP contribution < -0.4 is 9.44 Å². The van der Waals surface area contributed by atoms with Gasteiger partial charge in [0.05, 0.1) is 11.3 Å². The van der Waals surface area contributed by atoms with Gasteiger partial charge >= 0.3 is 0 Å². The van der Waals surface area contributed by atoms with Crippen LogP contribution >= 0.6 is 11.6 Å². The fourth-order valence-corrected chi connectivity index (χ4v) is 3.21. The van der Waals surface area contributed by atoms with Crippen LogP contribution in [0.25, 0.3) is 0 Å². The minimum absolute atomic E-state index is 0.0803. The van der Waals surface area contributed by atoms with E-state index < -0.39 is 20.0 Å². The van der Waals surface area contributed by atoms with Crippen LogP contribution in [0.2, 0.25) is 5.02 Å². The topological polar surface area (TPSA) is 105 Å². The van der Waals surface area contributed by atoms with E-state index in [0.717, 1.165) is 12.5 Å². The Labute approximate surface area is 117 Å². The number of rotatable bonds is 7.